The van der Waals surface area contributed by atoms with Gasteiger partial charge in [0.25, 0.3) is 11.8 Å². The van der Waals surface area contributed by atoms with Gasteiger partial charge in [0, 0.05) is 12.6 Å². The van der Waals surface area contributed by atoms with Crippen molar-refractivity contribution in [1.29, 1.82) is 0 Å². The van der Waals surface area contributed by atoms with Crippen molar-refractivity contribution in [3.8, 4) is 11.5 Å². The normalized spacial score (nSPS) is 16.1. The molecular weight excluding hydrogens is 332 g/mol. The second-order valence-electron chi connectivity index (χ2n) is 5.83. The van der Waals surface area contributed by atoms with Gasteiger partial charge in [-0.15, -0.1) is 0 Å². The smallest absolute Gasteiger partial charge is 0.252 e. The molecule has 2 aromatic carbocycles. The Labute approximate surface area is 152 Å². The van der Waals surface area contributed by atoms with Crippen molar-refractivity contribution in [3.05, 3.63) is 66.7 Å². The third-order valence-electron chi connectivity index (χ3n) is 4.03. The summed E-state index contributed by atoms with van der Waals surface area (Å²) >= 11 is 0. The van der Waals surface area contributed by atoms with E-state index < -0.39 is 6.04 Å². The monoisotopic (exact) mass is 352 g/mol. The van der Waals surface area contributed by atoms with Crippen LogP contribution in [0.5, 0.6) is 11.5 Å². The average Bonchev–Trinajstić information content (AvgIpc) is 2.79. The predicted octanol–water partition coefficient (Wildman–Crippen LogP) is 2.41. The minimum Gasteiger partial charge on any atom is -0.490 e. The number of nitrogens with one attached hydrogen (secondary N) is 1. The Morgan fingerprint density at radius 1 is 1.35 bits per heavy atom. The summed E-state index contributed by atoms with van der Waals surface area (Å²) in [5.74, 6) is 0.572. The third kappa shape index (κ3) is 3.69. The van der Waals surface area contributed by atoms with Gasteiger partial charge in [-0.1, -0.05) is 30.9 Å². The maximum absolute atomic E-state index is 12.7. The lowest BCUT2D eigenvalue weighted by Crippen LogP contribution is -2.49. The summed E-state index contributed by atoms with van der Waals surface area (Å²) in [5, 5.41) is 2.74. The van der Waals surface area contributed by atoms with Gasteiger partial charge in [0.2, 0.25) is 0 Å². The molecule has 0 radical (unpaired) electrons. The highest BCUT2D eigenvalue weighted by Crippen LogP contribution is 2.29. The summed E-state index contributed by atoms with van der Waals surface area (Å²) in [5.41, 5.74) is 1.08. The molecule has 1 N–H and O–H groups in total. The van der Waals surface area contributed by atoms with E-state index in [1.54, 1.807) is 49.5 Å². The van der Waals surface area contributed by atoms with Gasteiger partial charge in [-0.3, -0.25) is 9.59 Å². The van der Waals surface area contributed by atoms with Crippen LogP contribution in [0.4, 0.5) is 5.69 Å². The number of rotatable bonds is 5. The van der Waals surface area contributed by atoms with Crippen LogP contribution in [-0.2, 0) is 4.79 Å². The van der Waals surface area contributed by atoms with E-state index in [2.05, 4.69) is 11.9 Å². The fraction of sp³-hybridized carbons (Fsp3) is 0.200. The van der Waals surface area contributed by atoms with Gasteiger partial charge < -0.3 is 19.7 Å². The Balaban J connectivity index is 1.74. The lowest BCUT2D eigenvalue weighted by Gasteiger charge is -2.20. The van der Waals surface area contributed by atoms with Crippen LogP contribution < -0.4 is 19.7 Å². The summed E-state index contributed by atoms with van der Waals surface area (Å²) in [4.78, 5) is 26.7. The number of hydrogen-bond acceptors (Lipinski definition) is 4. The van der Waals surface area contributed by atoms with Crippen LogP contribution in [0.25, 0.3) is 0 Å². The Kier molecular flexibility index (Phi) is 5.22. The summed E-state index contributed by atoms with van der Waals surface area (Å²) in [7, 11) is 1.67. The maximum Gasteiger partial charge on any atom is 0.252 e. The van der Waals surface area contributed by atoms with Gasteiger partial charge in [-0.25, -0.2) is 0 Å². The lowest BCUT2D eigenvalue weighted by atomic mass is 10.1. The number of hydrogen-bond donors (Lipinski definition) is 1. The quantitative estimate of drug-likeness (QED) is 0.839. The van der Waals surface area contributed by atoms with Gasteiger partial charge in [-0.05, 0) is 30.3 Å². The molecule has 0 fully saturated rings. The number of amides is 2. The standard InChI is InChI=1S/C20H20N2O4/c1-3-11-25-15-8-6-7-14(12-15)19(23)21-16-13-26-18-10-5-4-9-17(18)22(2)20(16)24/h3-10,12,16H,1,11,13H2,2H3,(H,21,23)/t16-/m0/s1. The summed E-state index contributed by atoms with van der Waals surface area (Å²) in [6, 6.07) is 13.3. The Hall–Kier alpha value is -3.28. The fourth-order valence-corrected chi connectivity index (χ4v) is 2.68. The third-order valence-corrected chi connectivity index (χ3v) is 4.03. The number of para-hydroxylation sites is 2. The minimum absolute atomic E-state index is 0.0680. The van der Waals surface area contributed by atoms with E-state index in [4.69, 9.17) is 9.47 Å². The van der Waals surface area contributed by atoms with E-state index in [1.807, 2.05) is 12.1 Å². The zero-order chi connectivity index (χ0) is 18.5. The second kappa shape index (κ2) is 7.74. The zero-order valence-corrected chi connectivity index (χ0v) is 14.5. The highest BCUT2D eigenvalue weighted by Gasteiger charge is 2.30. The molecule has 1 heterocycles. The number of benzene rings is 2. The maximum atomic E-state index is 12.7. The van der Waals surface area contributed by atoms with Gasteiger partial charge in [-0.2, -0.15) is 0 Å². The molecule has 0 spiro atoms. The topological polar surface area (TPSA) is 67.9 Å². The fourth-order valence-electron chi connectivity index (χ4n) is 2.68. The molecule has 0 bridgehead atoms. The molecule has 0 saturated heterocycles. The first kappa shape index (κ1) is 17.5. The average molecular weight is 352 g/mol. The lowest BCUT2D eigenvalue weighted by molar-refractivity contribution is -0.120. The Bertz CT molecular complexity index is 834. The van der Waals surface area contributed by atoms with E-state index in [0.29, 0.717) is 29.4 Å². The van der Waals surface area contributed by atoms with E-state index in [-0.39, 0.29) is 18.4 Å². The molecule has 2 aromatic rings. The van der Waals surface area contributed by atoms with Crippen LogP contribution in [-0.4, -0.2) is 38.1 Å². The first-order valence-corrected chi connectivity index (χ1v) is 8.24. The summed E-state index contributed by atoms with van der Waals surface area (Å²) in [6.45, 7) is 4.01. The second-order valence-corrected chi connectivity index (χ2v) is 5.83. The van der Waals surface area contributed by atoms with Crippen LogP contribution in [0.1, 0.15) is 10.4 Å². The molecule has 6 nitrogen and oxygen atoms in total. The van der Waals surface area contributed by atoms with Gasteiger partial charge in [0.05, 0.1) is 5.69 Å². The van der Waals surface area contributed by atoms with Crippen molar-refractivity contribution >= 4 is 17.5 Å². The molecule has 0 saturated carbocycles. The van der Waals surface area contributed by atoms with Crippen LogP contribution >= 0.6 is 0 Å². The predicted molar refractivity (Wildman–Crippen MR) is 98.7 cm³/mol. The van der Waals surface area contributed by atoms with Crippen molar-refractivity contribution in [2.75, 3.05) is 25.2 Å². The molecule has 134 valence electrons. The van der Waals surface area contributed by atoms with Crippen LogP contribution in [0.3, 0.4) is 0 Å². The van der Waals surface area contributed by atoms with Crippen molar-refractivity contribution in [3.63, 3.8) is 0 Å². The van der Waals surface area contributed by atoms with Crippen molar-refractivity contribution in [1.82, 2.24) is 5.32 Å². The van der Waals surface area contributed by atoms with E-state index in [1.165, 1.54) is 4.90 Å². The summed E-state index contributed by atoms with van der Waals surface area (Å²) in [6.07, 6.45) is 1.63. The molecule has 1 aliphatic rings. The Morgan fingerprint density at radius 3 is 2.96 bits per heavy atom. The molecular formula is C20H20N2O4. The van der Waals surface area contributed by atoms with Crippen LogP contribution in [0, 0.1) is 0 Å². The number of nitrogens with zero attached hydrogens (tertiary/aromatic N) is 1. The van der Waals surface area contributed by atoms with Crippen LogP contribution in [0.15, 0.2) is 61.2 Å². The number of carbonyl (C=O) groups excluding carboxylic acids is 2. The highest BCUT2D eigenvalue weighted by atomic mass is 16.5. The molecule has 2 amide bonds. The number of carbonyl (C=O) groups is 2. The Morgan fingerprint density at radius 2 is 2.15 bits per heavy atom. The van der Waals surface area contributed by atoms with Crippen molar-refractivity contribution in [2.24, 2.45) is 0 Å². The number of fused-ring (bicyclic) bond motifs is 1. The van der Waals surface area contributed by atoms with Gasteiger partial charge >= 0.3 is 0 Å². The minimum atomic E-state index is -0.780. The van der Waals surface area contributed by atoms with E-state index in [0.717, 1.165) is 0 Å². The number of ether oxygens (including phenoxy) is 2. The molecule has 3 rings (SSSR count). The zero-order valence-electron chi connectivity index (χ0n) is 14.5. The summed E-state index contributed by atoms with van der Waals surface area (Å²) < 4.78 is 11.1. The molecule has 1 atom stereocenters. The van der Waals surface area contributed by atoms with Gasteiger partial charge in [0.1, 0.15) is 30.8 Å². The molecule has 0 aliphatic carbocycles. The van der Waals surface area contributed by atoms with Crippen molar-refractivity contribution < 1.29 is 19.1 Å². The highest BCUT2D eigenvalue weighted by molar-refractivity contribution is 6.03. The molecule has 0 unspecified atom stereocenters. The largest absolute Gasteiger partial charge is 0.490 e. The number of likely N-dealkylation sites (N-methyl/N-ethyl adjacent to an activating group) is 1. The van der Waals surface area contributed by atoms with E-state index in [9.17, 15) is 9.59 Å². The van der Waals surface area contributed by atoms with Gasteiger partial charge in [0.15, 0.2) is 0 Å². The first-order chi connectivity index (χ1) is 12.6. The first-order valence-electron chi connectivity index (χ1n) is 8.24. The molecule has 1 aliphatic heterocycles. The van der Waals surface area contributed by atoms with E-state index >= 15 is 0 Å². The molecule has 0 aromatic heterocycles. The van der Waals surface area contributed by atoms with Crippen molar-refractivity contribution in [2.45, 2.75) is 6.04 Å². The SMILES string of the molecule is C=CCOc1cccc(C(=O)N[C@H]2COc3ccccc3N(C)C2=O)c1. The molecule has 6 heteroatoms. The van der Waals surface area contributed by atoms with Crippen LogP contribution in [0.2, 0.25) is 0 Å². The number of anilines is 1. The molecule has 26 heavy (non-hydrogen) atoms.